The molecular formula is C11H17Br. The van der Waals surface area contributed by atoms with Crippen molar-refractivity contribution in [1.82, 2.24) is 0 Å². The molecule has 1 aliphatic rings. The molecule has 0 radical (unpaired) electrons. The molecule has 0 N–H and O–H groups in total. The monoisotopic (exact) mass is 228 g/mol. The van der Waals surface area contributed by atoms with Crippen LogP contribution in [0.1, 0.15) is 33.6 Å². The predicted molar refractivity (Wildman–Crippen MR) is 58.6 cm³/mol. The molecule has 1 aliphatic carbocycles. The average molecular weight is 229 g/mol. The first-order valence-corrected chi connectivity index (χ1v) is 5.64. The maximum Gasteiger partial charge on any atom is 0.0218 e. The van der Waals surface area contributed by atoms with Crippen LogP contribution >= 0.6 is 15.9 Å². The average Bonchev–Trinajstić information content (AvgIpc) is 1.97. The van der Waals surface area contributed by atoms with E-state index in [1.807, 2.05) is 0 Å². The Morgan fingerprint density at radius 1 is 1.58 bits per heavy atom. The van der Waals surface area contributed by atoms with Crippen LogP contribution in [0.5, 0.6) is 0 Å². The summed E-state index contributed by atoms with van der Waals surface area (Å²) >= 11 is 3.46. The highest BCUT2D eigenvalue weighted by Crippen LogP contribution is 2.40. The van der Waals surface area contributed by atoms with Gasteiger partial charge in [0.2, 0.25) is 0 Å². The maximum absolute atomic E-state index is 3.46. The lowest BCUT2D eigenvalue weighted by molar-refractivity contribution is 0.404. The number of rotatable bonds is 1. The Morgan fingerprint density at radius 2 is 2.25 bits per heavy atom. The van der Waals surface area contributed by atoms with E-state index in [2.05, 4.69) is 48.9 Å². The minimum Gasteiger partial charge on any atom is -0.0883 e. The van der Waals surface area contributed by atoms with Gasteiger partial charge in [-0.1, -0.05) is 47.5 Å². The normalized spacial score (nSPS) is 25.7. The maximum atomic E-state index is 3.46. The van der Waals surface area contributed by atoms with Crippen molar-refractivity contribution in [3.8, 4) is 0 Å². The van der Waals surface area contributed by atoms with Crippen LogP contribution in [0.25, 0.3) is 0 Å². The Kier molecular flexibility index (Phi) is 3.16. The number of allylic oxidation sites excluding steroid dienone is 4. The van der Waals surface area contributed by atoms with Gasteiger partial charge in [0.1, 0.15) is 0 Å². The second-order valence-corrected chi connectivity index (χ2v) is 4.73. The molecule has 1 rings (SSSR count). The first-order valence-electron chi connectivity index (χ1n) is 4.51. The highest BCUT2D eigenvalue weighted by molar-refractivity contribution is 9.09. The second kappa shape index (κ2) is 3.78. The summed E-state index contributed by atoms with van der Waals surface area (Å²) in [6.45, 7) is 6.88. The van der Waals surface area contributed by atoms with Crippen molar-refractivity contribution in [2.24, 2.45) is 5.41 Å². The molecule has 0 unspecified atom stereocenters. The van der Waals surface area contributed by atoms with Gasteiger partial charge in [0.05, 0.1) is 0 Å². The van der Waals surface area contributed by atoms with Crippen LogP contribution < -0.4 is 0 Å². The first kappa shape index (κ1) is 10.0. The van der Waals surface area contributed by atoms with E-state index in [1.54, 1.807) is 0 Å². The Labute approximate surface area is 83.9 Å². The first-order chi connectivity index (χ1) is 5.58. The summed E-state index contributed by atoms with van der Waals surface area (Å²) in [6.07, 6.45) is 7.16. The van der Waals surface area contributed by atoms with Crippen LogP contribution in [0, 0.1) is 5.41 Å². The minimum absolute atomic E-state index is 0.382. The third kappa shape index (κ3) is 2.01. The van der Waals surface area contributed by atoms with E-state index in [0.29, 0.717) is 5.41 Å². The molecular weight excluding hydrogens is 212 g/mol. The number of halogens is 1. The lowest BCUT2D eigenvalue weighted by atomic mass is 9.73. The van der Waals surface area contributed by atoms with E-state index >= 15 is 0 Å². The number of hydrogen-bond acceptors (Lipinski definition) is 0. The Hall–Kier alpha value is -0.0400. The van der Waals surface area contributed by atoms with Gasteiger partial charge in [-0.2, -0.15) is 0 Å². The highest BCUT2D eigenvalue weighted by Gasteiger charge is 2.25. The van der Waals surface area contributed by atoms with E-state index in [9.17, 15) is 0 Å². The third-order valence-electron chi connectivity index (χ3n) is 2.66. The van der Waals surface area contributed by atoms with Crippen molar-refractivity contribution in [3.63, 3.8) is 0 Å². The fourth-order valence-corrected chi connectivity index (χ4v) is 2.27. The highest BCUT2D eigenvalue weighted by atomic mass is 79.9. The van der Waals surface area contributed by atoms with Gasteiger partial charge in [-0.25, -0.2) is 0 Å². The molecule has 68 valence electrons. The van der Waals surface area contributed by atoms with Gasteiger partial charge in [-0.3, -0.25) is 0 Å². The molecule has 0 saturated heterocycles. The van der Waals surface area contributed by atoms with Gasteiger partial charge in [0.15, 0.2) is 0 Å². The number of hydrogen-bond donors (Lipinski definition) is 0. The Balaban J connectivity index is 2.97. The van der Waals surface area contributed by atoms with Crippen LogP contribution in [-0.4, -0.2) is 5.33 Å². The third-order valence-corrected chi connectivity index (χ3v) is 2.98. The van der Waals surface area contributed by atoms with Gasteiger partial charge in [-0.05, 0) is 30.8 Å². The van der Waals surface area contributed by atoms with Crippen LogP contribution in [0.15, 0.2) is 23.3 Å². The standard InChI is InChI=1S/C11H17Br/c1-9-5-4-7-11(2,3)10(9)6-8-12/h5-6H,4,7-8H2,1-3H3. The van der Waals surface area contributed by atoms with E-state index < -0.39 is 0 Å². The molecule has 0 amide bonds. The van der Waals surface area contributed by atoms with Crippen LogP contribution in [0.4, 0.5) is 0 Å². The SMILES string of the molecule is CC1=CCCC(C)(C)C1=CCBr. The zero-order chi connectivity index (χ0) is 9.19. The fourth-order valence-electron chi connectivity index (χ4n) is 1.94. The lowest BCUT2D eigenvalue weighted by Crippen LogP contribution is -2.18. The second-order valence-electron chi connectivity index (χ2n) is 4.08. The lowest BCUT2D eigenvalue weighted by Gasteiger charge is -2.32. The molecule has 0 saturated carbocycles. The van der Waals surface area contributed by atoms with Crippen molar-refractivity contribution in [2.45, 2.75) is 33.6 Å². The molecule has 0 aromatic heterocycles. The zero-order valence-corrected chi connectivity index (χ0v) is 9.74. The van der Waals surface area contributed by atoms with Crippen molar-refractivity contribution < 1.29 is 0 Å². The van der Waals surface area contributed by atoms with E-state index in [0.717, 1.165) is 5.33 Å². The fraction of sp³-hybridized carbons (Fsp3) is 0.636. The molecule has 0 fully saturated rings. The van der Waals surface area contributed by atoms with E-state index in [-0.39, 0.29) is 0 Å². The van der Waals surface area contributed by atoms with Crippen molar-refractivity contribution in [1.29, 1.82) is 0 Å². The topological polar surface area (TPSA) is 0 Å². The summed E-state index contributed by atoms with van der Waals surface area (Å²) in [6, 6.07) is 0. The summed E-state index contributed by atoms with van der Waals surface area (Å²) in [4.78, 5) is 0. The van der Waals surface area contributed by atoms with Gasteiger partial charge < -0.3 is 0 Å². The minimum atomic E-state index is 0.382. The molecule has 0 heterocycles. The summed E-state index contributed by atoms with van der Waals surface area (Å²) in [7, 11) is 0. The van der Waals surface area contributed by atoms with Crippen molar-refractivity contribution in [2.75, 3.05) is 5.33 Å². The van der Waals surface area contributed by atoms with Gasteiger partial charge >= 0.3 is 0 Å². The Bertz CT molecular complexity index is 221. The molecule has 0 bridgehead atoms. The van der Waals surface area contributed by atoms with E-state index in [1.165, 1.54) is 24.0 Å². The molecule has 12 heavy (non-hydrogen) atoms. The van der Waals surface area contributed by atoms with Crippen LogP contribution in [0.3, 0.4) is 0 Å². The molecule has 0 aliphatic heterocycles. The summed E-state index contributed by atoms with van der Waals surface area (Å²) < 4.78 is 0. The summed E-state index contributed by atoms with van der Waals surface area (Å²) in [5.41, 5.74) is 3.36. The zero-order valence-electron chi connectivity index (χ0n) is 8.15. The molecule has 0 nitrogen and oxygen atoms in total. The van der Waals surface area contributed by atoms with Crippen LogP contribution in [0.2, 0.25) is 0 Å². The smallest absolute Gasteiger partial charge is 0.0218 e. The summed E-state index contributed by atoms with van der Waals surface area (Å²) in [5, 5.41) is 0.969. The quantitative estimate of drug-likeness (QED) is 0.594. The molecule has 0 spiro atoms. The van der Waals surface area contributed by atoms with Gasteiger partial charge in [-0.15, -0.1) is 0 Å². The van der Waals surface area contributed by atoms with Gasteiger partial charge in [0.25, 0.3) is 0 Å². The van der Waals surface area contributed by atoms with Gasteiger partial charge in [0, 0.05) is 5.33 Å². The predicted octanol–water partition coefficient (Wildman–Crippen LogP) is 4.07. The molecule has 0 aromatic carbocycles. The molecule has 0 atom stereocenters. The molecule has 1 heteroatoms. The number of alkyl halides is 1. The summed E-state index contributed by atoms with van der Waals surface area (Å²) in [5.74, 6) is 0. The Morgan fingerprint density at radius 3 is 2.75 bits per heavy atom. The van der Waals surface area contributed by atoms with Crippen molar-refractivity contribution >= 4 is 15.9 Å². The van der Waals surface area contributed by atoms with E-state index in [4.69, 9.17) is 0 Å². The van der Waals surface area contributed by atoms with Crippen molar-refractivity contribution in [3.05, 3.63) is 23.3 Å². The van der Waals surface area contributed by atoms with Crippen LogP contribution in [-0.2, 0) is 0 Å². The largest absolute Gasteiger partial charge is 0.0883 e. The molecule has 0 aromatic rings.